The molecular weight excluding hydrogens is 220 g/mol. The Bertz CT molecular complexity index is 352. The van der Waals surface area contributed by atoms with Crippen molar-refractivity contribution in [1.82, 2.24) is 0 Å². The Morgan fingerprint density at radius 3 is 1.76 bits per heavy atom. The van der Waals surface area contributed by atoms with Crippen molar-refractivity contribution in [3.8, 4) is 0 Å². The van der Waals surface area contributed by atoms with Crippen molar-refractivity contribution in [1.29, 1.82) is 0 Å². The predicted octanol–water partition coefficient (Wildman–Crippen LogP) is 1.56. The molecule has 1 aliphatic rings. The van der Waals surface area contributed by atoms with Crippen LogP contribution in [-0.4, -0.2) is 25.2 Å². The van der Waals surface area contributed by atoms with Crippen molar-refractivity contribution in [2.24, 2.45) is 5.41 Å². The van der Waals surface area contributed by atoms with Crippen molar-refractivity contribution in [2.45, 2.75) is 0 Å². The van der Waals surface area contributed by atoms with Crippen molar-refractivity contribution >= 4 is 11.9 Å². The van der Waals surface area contributed by atoms with E-state index in [1.165, 1.54) is 0 Å². The van der Waals surface area contributed by atoms with Gasteiger partial charge in [0, 0.05) is 12.2 Å². The Morgan fingerprint density at radius 2 is 1.41 bits per heavy atom. The minimum Gasteiger partial charge on any atom is -0.461 e. The Kier molecular flexibility index (Phi) is 4.46. The molecule has 0 bridgehead atoms. The van der Waals surface area contributed by atoms with Gasteiger partial charge in [0.15, 0.2) is 0 Å². The summed E-state index contributed by atoms with van der Waals surface area (Å²) >= 11 is 0. The van der Waals surface area contributed by atoms with Gasteiger partial charge >= 0.3 is 11.9 Å². The van der Waals surface area contributed by atoms with E-state index in [2.05, 4.69) is 13.2 Å². The summed E-state index contributed by atoms with van der Waals surface area (Å²) in [6, 6.07) is 0. The summed E-state index contributed by atoms with van der Waals surface area (Å²) in [5.74, 6) is -1.01. The average molecular weight is 234 g/mol. The number of carbonyl (C=O) groups excluding carboxylic acids is 2. The second kappa shape index (κ2) is 5.84. The second-order valence-electron chi connectivity index (χ2n) is 3.58. The molecule has 0 saturated heterocycles. The number of esters is 2. The molecule has 1 aliphatic carbocycles. The SMILES string of the molecule is C=CC(=O)OCC1(COC(=O)C=C)C=CC=C1. The number of hydrogen-bond donors (Lipinski definition) is 0. The van der Waals surface area contributed by atoms with Crippen molar-refractivity contribution in [3.63, 3.8) is 0 Å². The Labute approximate surface area is 99.9 Å². The van der Waals surface area contributed by atoms with Gasteiger partial charge in [0.2, 0.25) is 0 Å². The Hall–Kier alpha value is -2.10. The van der Waals surface area contributed by atoms with Gasteiger partial charge in [0.25, 0.3) is 0 Å². The molecule has 90 valence electrons. The van der Waals surface area contributed by atoms with Gasteiger partial charge in [-0.25, -0.2) is 9.59 Å². The van der Waals surface area contributed by atoms with E-state index in [1.54, 1.807) is 0 Å². The number of ether oxygens (including phenoxy) is 2. The largest absolute Gasteiger partial charge is 0.461 e. The summed E-state index contributed by atoms with van der Waals surface area (Å²) in [6.45, 7) is 6.83. The van der Waals surface area contributed by atoms with Crippen LogP contribution in [0.5, 0.6) is 0 Å². The molecular formula is C13H14O4. The van der Waals surface area contributed by atoms with Crippen LogP contribution in [0.25, 0.3) is 0 Å². The van der Waals surface area contributed by atoms with E-state index >= 15 is 0 Å². The fourth-order valence-electron chi connectivity index (χ4n) is 1.31. The quantitative estimate of drug-likeness (QED) is 0.517. The van der Waals surface area contributed by atoms with Gasteiger partial charge in [-0.1, -0.05) is 37.5 Å². The molecule has 0 unspecified atom stereocenters. The zero-order valence-corrected chi connectivity index (χ0v) is 9.43. The maximum absolute atomic E-state index is 11.0. The summed E-state index contributed by atoms with van der Waals surface area (Å²) in [5.41, 5.74) is -0.586. The van der Waals surface area contributed by atoms with E-state index in [0.717, 1.165) is 12.2 Å². The van der Waals surface area contributed by atoms with Crippen LogP contribution in [0.2, 0.25) is 0 Å². The van der Waals surface area contributed by atoms with E-state index in [-0.39, 0.29) is 13.2 Å². The highest BCUT2D eigenvalue weighted by atomic mass is 16.5. The van der Waals surface area contributed by atoms with E-state index < -0.39 is 17.4 Å². The molecule has 0 aromatic heterocycles. The van der Waals surface area contributed by atoms with E-state index in [4.69, 9.17) is 9.47 Å². The fourth-order valence-corrected chi connectivity index (χ4v) is 1.31. The lowest BCUT2D eigenvalue weighted by Crippen LogP contribution is -2.29. The molecule has 0 saturated carbocycles. The highest BCUT2D eigenvalue weighted by Gasteiger charge is 2.29. The van der Waals surface area contributed by atoms with Crippen LogP contribution < -0.4 is 0 Å². The topological polar surface area (TPSA) is 52.6 Å². The summed E-state index contributed by atoms with van der Waals surface area (Å²) in [7, 11) is 0. The first kappa shape index (κ1) is 13.0. The smallest absolute Gasteiger partial charge is 0.330 e. The van der Waals surface area contributed by atoms with Gasteiger partial charge < -0.3 is 9.47 Å². The lowest BCUT2D eigenvalue weighted by molar-refractivity contribution is -0.144. The third-order valence-electron chi connectivity index (χ3n) is 2.27. The predicted molar refractivity (Wildman–Crippen MR) is 63.0 cm³/mol. The molecule has 17 heavy (non-hydrogen) atoms. The second-order valence-corrected chi connectivity index (χ2v) is 3.58. The third kappa shape index (κ3) is 3.75. The van der Waals surface area contributed by atoms with E-state index in [9.17, 15) is 9.59 Å². The van der Waals surface area contributed by atoms with Crippen molar-refractivity contribution in [2.75, 3.05) is 13.2 Å². The van der Waals surface area contributed by atoms with Crippen molar-refractivity contribution < 1.29 is 19.1 Å². The lowest BCUT2D eigenvalue weighted by Gasteiger charge is -2.23. The molecule has 0 N–H and O–H groups in total. The minimum atomic E-state index is -0.586. The third-order valence-corrected chi connectivity index (χ3v) is 2.27. The van der Waals surface area contributed by atoms with E-state index in [1.807, 2.05) is 24.3 Å². The van der Waals surface area contributed by atoms with Crippen LogP contribution in [0.4, 0.5) is 0 Å². The summed E-state index contributed by atoms with van der Waals surface area (Å²) in [5, 5.41) is 0. The number of carbonyl (C=O) groups is 2. The summed E-state index contributed by atoms with van der Waals surface area (Å²) < 4.78 is 9.94. The Balaban J connectivity index is 2.57. The summed E-state index contributed by atoms with van der Waals surface area (Å²) in [6.07, 6.45) is 9.43. The first-order chi connectivity index (χ1) is 8.12. The molecule has 0 aromatic rings. The molecule has 0 fully saturated rings. The number of hydrogen-bond acceptors (Lipinski definition) is 4. The standard InChI is InChI=1S/C13H14O4/c1-3-11(14)16-9-13(7-5-6-8-13)10-17-12(15)4-2/h3-8H,1-2,9-10H2. The van der Waals surface area contributed by atoms with Crippen LogP contribution in [0.15, 0.2) is 49.6 Å². The van der Waals surface area contributed by atoms with Gasteiger partial charge in [-0.15, -0.1) is 0 Å². The minimum absolute atomic E-state index is 0.106. The van der Waals surface area contributed by atoms with Gasteiger partial charge in [0.05, 0.1) is 5.41 Å². The van der Waals surface area contributed by atoms with Gasteiger partial charge in [-0.3, -0.25) is 0 Å². The molecule has 0 atom stereocenters. The molecule has 0 radical (unpaired) electrons. The zero-order chi connectivity index (χ0) is 12.7. The molecule has 1 rings (SSSR count). The van der Waals surface area contributed by atoms with Crippen LogP contribution in [0.3, 0.4) is 0 Å². The highest BCUT2D eigenvalue weighted by Crippen LogP contribution is 2.27. The molecule has 0 amide bonds. The van der Waals surface area contributed by atoms with E-state index in [0.29, 0.717) is 0 Å². The normalized spacial score (nSPS) is 15.3. The summed E-state index contributed by atoms with van der Waals surface area (Å²) in [4.78, 5) is 22.0. The number of rotatable bonds is 6. The Morgan fingerprint density at radius 1 is 1.00 bits per heavy atom. The van der Waals surface area contributed by atoms with Gasteiger partial charge in [-0.05, 0) is 0 Å². The monoisotopic (exact) mass is 234 g/mol. The van der Waals surface area contributed by atoms with Crippen LogP contribution in [0, 0.1) is 5.41 Å². The first-order valence-corrected chi connectivity index (χ1v) is 5.07. The number of allylic oxidation sites excluding steroid dienone is 2. The van der Waals surface area contributed by atoms with Crippen LogP contribution in [0.1, 0.15) is 0 Å². The van der Waals surface area contributed by atoms with Gasteiger partial charge in [0.1, 0.15) is 13.2 Å². The van der Waals surface area contributed by atoms with Crippen LogP contribution in [-0.2, 0) is 19.1 Å². The maximum atomic E-state index is 11.0. The molecule has 4 heteroatoms. The molecule has 0 heterocycles. The highest BCUT2D eigenvalue weighted by molar-refractivity contribution is 5.81. The first-order valence-electron chi connectivity index (χ1n) is 5.07. The maximum Gasteiger partial charge on any atom is 0.330 e. The van der Waals surface area contributed by atoms with Gasteiger partial charge in [-0.2, -0.15) is 0 Å². The molecule has 4 nitrogen and oxygen atoms in total. The molecule has 0 aromatic carbocycles. The fraction of sp³-hybridized carbons (Fsp3) is 0.231. The van der Waals surface area contributed by atoms with Crippen LogP contribution >= 0.6 is 0 Å². The van der Waals surface area contributed by atoms with Crippen molar-refractivity contribution in [3.05, 3.63) is 49.6 Å². The molecule has 0 aliphatic heterocycles. The zero-order valence-electron chi connectivity index (χ0n) is 9.43. The average Bonchev–Trinajstić information content (AvgIpc) is 2.82. The lowest BCUT2D eigenvalue weighted by atomic mass is 9.92. The molecule has 0 spiro atoms.